The monoisotopic (exact) mass is 511 g/mol. The van der Waals surface area contributed by atoms with Crippen LogP contribution in [-0.2, 0) is 9.53 Å². The lowest BCUT2D eigenvalue weighted by Crippen LogP contribution is -2.45. The van der Waals surface area contributed by atoms with Crippen LogP contribution in [0, 0.1) is 15.4 Å². The van der Waals surface area contributed by atoms with Crippen molar-refractivity contribution in [1.82, 2.24) is 10.9 Å². The number of fused-ring (bicyclic) bond motifs is 2. The summed E-state index contributed by atoms with van der Waals surface area (Å²) >= 11 is 2.22. The molecule has 0 radical (unpaired) electrons. The van der Waals surface area contributed by atoms with E-state index in [9.17, 15) is 9.59 Å². The summed E-state index contributed by atoms with van der Waals surface area (Å²) in [5.41, 5.74) is 6.53. The number of hydrogen-bond donors (Lipinski definition) is 4. The topological polar surface area (TPSA) is 99.7 Å². The fourth-order valence-electron chi connectivity index (χ4n) is 4.17. The molecule has 0 saturated carbocycles. The van der Waals surface area contributed by atoms with Crippen LogP contribution in [0.5, 0.6) is 0 Å². The predicted octanol–water partition coefficient (Wildman–Crippen LogP) is 3.91. The van der Waals surface area contributed by atoms with Gasteiger partial charge in [0.15, 0.2) is 0 Å². The van der Waals surface area contributed by atoms with Gasteiger partial charge in [-0.3, -0.25) is 10.2 Å². The molecule has 2 aliphatic rings. The van der Waals surface area contributed by atoms with Gasteiger partial charge in [-0.15, -0.1) is 0 Å². The molecule has 2 heterocycles. The highest BCUT2D eigenvalue weighted by Gasteiger charge is 2.47. The van der Waals surface area contributed by atoms with Gasteiger partial charge in [0.05, 0.1) is 12.2 Å². The second kappa shape index (κ2) is 10.9. The van der Waals surface area contributed by atoms with E-state index < -0.39 is 5.97 Å². The van der Waals surface area contributed by atoms with Crippen molar-refractivity contribution >= 4 is 40.3 Å². The molecular formula is C21H28IN3O4. The molecule has 2 aliphatic heterocycles. The Balaban J connectivity index is 1.40. The first-order valence-corrected chi connectivity index (χ1v) is 11.2. The van der Waals surface area contributed by atoms with Crippen molar-refractivity contribution in [3.63, 3.8) is 0 Å². The number of carboxylic acids is 1. The van der Waals surface area contributed by atoms with Gasteiger partial charge in [0.25, 0.3) is 0 Å². The maximum absolute atomic E-state index is 12.1. The highest BCUT2D eigenvalue weighted by molar-refractivity contribution is 14.1. The third-order valence-corrected chi connectivity index (χ3v) is 6.29. The third-order valence-electron chi connectivity index (χ3n) is 5.57. The molecule has 29 heavy (non-hydrogen) atoms. The zero-order valence-electron chi connectivity index (χ0n) is 16.3. The summed E-state index contributed by atoms with van der Waals surface area (Å²) in [6, 6.07) is 7.32. The number of hydrogen-bond acceptors (Lipinski definition) is 4. The Bertz CT molecular complexity index is 725. The lowest BCUT2D eigenvalue weighted by atomic mass is 9.77. The van der Waals surface area contributed by atoms with Gasteiger partial charge in [0.2, 0.25) is 0 Å². The average molecular weight is 511 g/mol. The van der Waals surface area contributed by atoms with E-state index in [4.69, 9.17) is 9.84 Å². The number of nitrogens with one attached hydrogen (secondary N) is 3. The van der Waals surface area contributed by atoms with Crippen LogP contribution in [-0.4, -0.2) is 35.9 Å². The number of halogens is 1. The van der Waals surface area contributed by atoms with Crippen LogP contribution in [0.2, 0.25) is 0 Å². The fourth-order valence-corrected chi connectivity index (χ4v) is 4.53. The number of ether oxygens (including phenoxy) is 1. The Labute approximate surface area is 184 Å². The number of carboxylic acid groups (broad SMARTS) is 1. The molecule has 2 bridgehead atoms. The SMILES string of the molecule is O=C(O)CCC/C=C\C[C@@H]1[C@H](CNNC(=O)Nc2ccc([125I])cc2)[C@H]2CC[C@@H]1O2. The third kappa shape index (κ3) is 6.68. The smallest absolute Gasteiger partial charge is 0.333 e. The molecule has 8 heteroatoms. The van der Waals surface area contributed by atoms with E-state index in [0.29, 0.717) is 24.8 Å². The van der Waals surface area contributed by atoms with Crippen LogP contribution in [0.25, 0.3) is 0 Å². The summed E-state index contributed by atoms with van der Waals surface area (Å²) < 4.78 is 7.21. The molecule has 0 aliphatic carbocycles. The van der Waals surface area contributed by atoms with Gasteiger partial charge in [-0.25, -0.2) is 10.2 Å². The zero-order chi connectivity index (χ0) is 20.6. The van der Waals surface area contributed by atoms with Crippen molar-refractivity contribution in [3.8, 4) is 0 Å². The number of unbranched alkanes of at least 4 members (excludes halogenated alkanes) is 1. The summed E-state index contributed by atoms with van der Waals surface area (Å²) in [6.07, 6.45) is 9.53. The first-order valence-electron chi connectivity index (χ1n) is 10.1. The van der Waals surface area contributed by atoms with E-state index in [2.05, 4.69) is 50.9 Å². The molecule has 0 unspecified atom stereocenters. The minimum atomic E-state index is -0.746. The van der Waals surface area contributed by atoms with E-state index in [-0.39, 0.29) is 24.7 Å². The van der Waals surface area contributed by atoms with Gasteiger partial charge in [-0.2, -0.15) is 0 Å². The molecule has 158 valence electrons. The van der Waals surface area contributed by atoms with Crippen LogP contribution in [0.3, 0.4) is 0 Å². The highest BCUT2D eigenvalue weighted by atomic mass is 125. The molecule has 4 N–H and O–H groups in total. The van der Waals surface area contributed by atoms with Crippen LogP contribution in [0.4, 0.5) is 10.5 Å². The standard InChI is InChI=1S/C21H28IN3O4/c22-14-7-9-15(10-8-14)24-21(28)25-23-13-17-16(18-11-12-19(17)29-18)5-3-1-2-4-6-20(26)27/h1,3,7-10,16-19,23H,2,4-6,11-13H2,(H,26,27)(H2,24,25,28)/b3-1-/t16-,17+,18+,19-/m1/s1/i22-2. The van der Waals surface area contributed by atoms with Crippen molar-refractivity contribution in [1.29, 1.82) is 0 Å². The maximum Gasteiger partial charge on any atom is 0.333 e. The molecule has 2 fully saturated rings. The number of amides is 2. The lowest BCUT2D eigenvalue weighted by molar-refractivity contribution is -0.137. The molecule has 1 aromatic carbocycles. The number of carbonyl (C=O) groups excluding carboxylic acids is 1. The Morgan fingerprint density at radius 3 is 2.59 bits per heavy atom. The van der Waals surface area contributed by atoms with E-state index in [1.54, 1.807) is 0 Å². The van der Waals surface area contributed by atoms with Crippen molar-refractivity contribution in [2.24, 2.45) is 11.8 Å². The Morgan fingerprint density at radius 2 is 1.86 bits per heavy atom. The van der Waals surface area contributed by atoms with Crippen LogP contribution >= 0.6 is 22.6 Å². The van der Waals surface area contributed by atoms with Crippen molar-refractivity contribution < 1.29 is 19.4 Å². The number of anilines is 1. The van der Waals surface area contributed by atoms with Crippen LogP contribution < -0.4 is 16.2 Å². The Kier molecular flexibility index (Phi) is 8.31. The lowest BCUT2D eigenvalue weighted by Gasteiger charge is -2.27. The minimum absolute atomic E-state index is 0.212. The molecule has 4 atom stereocenters. The molecule has 7 nitrogen and oxygen atoms in total. The van der Waals surface area contributed by atoms with Gasteiger partial charge in [-0.05, 0) is 84.9 Å². The number of urea groups is 1. The van der Waals surface area contributed by atoms with Gasteiger partial charge in [0, 0.05) is 28.1 Å². The van der Waals surface area contributed by atoms with E-state index in [0.717, 1.165) is 34.9 Å². The van der Waals surface area contributed by atoms with Gasteiger partial charge < -0.3 is 15.2 Å². The van der Waals surface area contributed by atoms with E-state index in [1.165, 1.54) is 0 Å². The van der Waals surface area contributed by atoms with E-state index in [1.807, 2.05) is 24.3 Å². The Hall–Kier alpha value is -1.65. The van der Waals surface area contributed by atoms with Crippen molar-refractivity contribution in [2.45, 2.75) is 50.7 Å². The molecule has 2 saturated heterocycles. The quantitative estimate of drug-likeness (QED) is 0.165. The molecule has 3 rings (SSSR count). The predicted molar refractivity (Wildman–Crippen MR) is 119 cm³/mol. The largest absolute Gasteiger partial charge is 0.481 e. The number of aliphatic carboxylic acids is 1. The van der Waals surface area contributed by atoms with Gasteiger partial charge >= 0.3 is 12.0 Å². The van der Waals surface area contributed by atoms with Gasteiger partial charge in [0.1, 0.15) is 0 Å². The molecule has 0 aromatic heterocycles. The maximum atomic E-state index is 12.1. The normalized spacial score (nSPS) is 25.4. The Morgan fingerprint density at radius 1 is 1.14 bits per heavy atom. The second-order valence-electron chi connectivity index (χ2n) is 7.58. The van der Waals surface area contributed by atoms with E-state index >= 15 is 0 Å². The van der Waals surface area contributed by atoms with Crippen LogP contribution in [0.1, 0.15) is 38.5 Å². The number of rotatable bonds is 10. The summed E-state index contributed by atoms with van der Waals surface area (Å²) in [6.45, 7) is 0.665. The first-order chi connectivity index (χ1) is 14.0. The van der Waals surface area contributed by atoms with Gasteiger partial charge in [-0.1, -0.05) is 12.2 Å². The van der Waals surface area contributed by atoms with Crippen molar-refractivity contribution in [2.75, 3.05) is 11.9 Å². The van der Waals surface area contributed by atoms with Crippen molar-refractivity contribution in [3.05, 3.63) is 40.0 Å². The number of benzene rings is 1. The fraction of sp³-hybridized carbons (Fsp3) is 0.524. The molecule has 1 aromatic rings. The highest BCUT2D eigenvalue weighted by Crippen LogP contribution is 2.44. The van der Waals surface area contributed by atoms with Crippen LogP contribution in [0.15, 0.2) is 36.4 Å². The number of carbonyl (C=O) groups is 2. The number of allylic oxidation sites excluding steroid dienone is 2. The average Bonchev–Trinajstić information content (AvgIpc) is 3.28. The molecule has 2 amide bonds. The molecule has 0 spiro atoms. The summed E-state index contributed by atoms with van der Waals surface area (Å²) in [5, 5.41) is 11.5. The summed E-state index contributed by atoms with van der Waals surface area (Å²) in [7, 11) is 0. The minimum Gasteiger partial charge on any atom is -0.481 e. The summed E-state index contributed by atoms with van der Waals surface area (Å²) in [5.74, 6) is 0.0404. The molecular weight excluding hydrogens is 483 g/mol. The number of hydrazine groups is 1. The first kappa shape index (κ1) is 22.0. The second-order valence-corrected chi connectivity index (χ2v) is 8.82. The zero-order valence-corrected chi connectivity index (χ0v) is 18.4. The summed E-state index contributed by atoms with van der Waals surface area (Å²) in [4.78, 5) is 22.6.